The third-order valence-corrected chi connectivity index (χ3v) is 4.59. The van der Waals surface area contributed by atoms with E-state index in [9.17, 15) is 4.39 Å². The van der Waals surface area contributed by atoms with Crippen LogP contribution in [0.3, 0.4) is 0 Å². The Kier molecular flexibility index (Phi) is 4.31. The molecule has 90 valence electrons. The van der Waals surface area contributed by atoms with E-state index >= 15 is 0 Å². The lowest BCUT2D eigenvalue weighted by Gasteiger charge is -2.03. The standard InChI is InChI=1S/C13H13BrFNS/c1-9-13(14)6-12(17-9)8-16-7-10-2-4-11(15)5-3-10/h2-6,16H,7-8H2,1H3. The molecule has 1 aromatic carbocycles. The van der Waals surface area contributed by atoms with Gasteiger partial charge in [-0.05, 0) is 46.6 Å². The molecule has 4 heteroatoms. The lowest BCUT2D eigenvalue weighted by atomic mass is 10.2. The van der Waals surface area contributed by atoms with Crippen molar-refractivity contribution in [3.8, 4) is 0 Å². The molecule has 0 saturated carbocycles. The van der Waals surface area contributed by atoms with E-state index < -0.39 is 0 Å². The van der Waals surface area contributed by atoms with E-state index in [1.54, 1.807) is 23.5 Å². The molecule has 1 heterocycles. The van der Waals surface area contributed by atoms with Gasteiger partial charge in [-0.1, -0.05) is 12.1 Å². The lowest BCUT2D eigenvalue weighted by molar-refractivity contribution is 0.625. The maximum absolute atomic E-state index is 12.7. The highest BCUT2D eigenvalue weighted by Crippen LogP contribution is 2.26. The van der Waals surface area contributed by atoms with Crippen LogP contribution >= 0.6 is 27.3 Å². The average Bonchev–Trinajstić information content (AvgIpc) is 2.61. The largest absolute Gasteiger partial charge is 0.308 e. The van der Waals surface area contributed by atoms with Crippen LogP contribution in [-0.4, -0.2) is 0 Å². The number of aryl methyl sites for hydroxylation is 1. The van der Waals surface area contributed by atoms with E-state index in [1.807, 2.05) is 0 Å². The SMILES string of the molecule is Cc1sc(CNCc2ccc(F)cc2)cc1Br. The zero-order chi connectivity index (χ0) is 12.3. The molecular weight excluding hydrogens is 301 g/mol. The average molecular weight is 314 g/mol. The van der Waals surface area contributed by atoms with Crippen molar-refractivity contribution in [3.63, 3.8) is 0 Å². The Morgan fingerprint density at radius 1 is 1.24 bits per heavy atom. The molecule has 2 rings (SSSR count). The zero-order valence-electron chi connectivity index (χ0n) is 9.47. The maximum atomic E-state index is 12.7. The second kappa shape index (κ2) is 5.76. The minimum Gasteiger partial charge on any atom is -0.308 e. The predicted molar refractivity (Wildman–Crippen MR) is 73.7 cm³/mol. The van der Waals surface area contributed by atoms with Crippen LogP contribution in [0.4, 0.5) is 4.39 Å². The van der Waals surface area contributed by atoms with E-state index in [4.69, 9.17) is 0 Å². The van der Waals surface area contributed by atoms with Gasteiger partial charge >= 0.3 is 0 Å². The summed E-state index contributed by atoms with van der Waals surface area (Å²) in [5, 5.41) is 3.35. The minimum atomic E-state index is -0.188. The summed E-state index contributed by atoms with van der Waals surface area (Å²) in [6, 6.07) is 8.72. The summed E-state index contributed by atoms with van der Waals surface area (Å²) in [6.07, 6.45) is 0. The molecule has 0 atom stereocenters. The van der Waals surface area contributed by atoms with Crippen LogP contribution in [-0.2, 0) is 13.1 Å². The Morgan fingerprint density at radius 2 is 1.94 bits per heavy atom. The summed E-state index contributed by atoms with van der Waals surface area (Å²) in [5.41, 5.74) is 1.10. The number of thiophene rings is 1. The van der Waals surface area contributed by atoms with Crippen LogP contribution in [0.1, 0.15) is 15.3 Å². The first-order valence-corrected chi connectivity index (χ1v) is 6.96. The fourth-order valence-electron chi connectivity index (χ4n) is 1.54. The first kappa shape index (κ1) is 12.7. The summed E-state index contributed by atoms with van der Waals surface area (Å²) in [4.78, 5) is 2.60. The fraction of sp³-hybridized carbons (Fsp3) is 0.231. The summed E-state index contributed by atoms with van der Waals surface area (Å²) in [5.74, 6) is -0.188. The first-order chi connectivity index (χ1) is 8.15. The predicted octanol–water partition coefficient (Wildman–Crippen LogP) is 4.25. The molecule has 0 fully saturated rings. The second-order valence-electron chi connectivity index (χ2n) is 3.85. The van der Waals surface area contributed by atoms with Gasteiger partial charge in [0.15, 0.2) is 0 Å². The van der Waals surface area contributed by atoms with Crippen LogP contribution in [0.2, 0.25) is 0 Å². The van der Waals surface area contributed by atoms with E-state index in [-0.39, 0.29) is 5.82 Å². The van der Waals surface area contributed by atoms with Gasteiger partial charge in [0.1, 0.15) is 5.82 Å². The summed E-state index contributed by atoms with van der Waals surface area (Å²) < 4.78 is 13.9. The van der Waals surface area contributed by atoms with E-state index in [2.05, 4.69) is 34.2 Å². The Labute approximate surface area is 113 Å². The highest BCUT2D eigenvalue weighted by Gasteiger charge is 2.02. The van der Waals surface area contributed by atoms with Gasteiger partial charge in [-0.15, -0.1) is 11.3 Å². The van der Waals surface area contributed by atoms with Gasteiger partial charge in [0.2, 0.25) is 0 Å². The van der Waals surface area contributed by atoms with E-state index in [1.165, 1.54) is 26.4 Å². The number of halogens is 2. The Balaban J connectivity index is 1.85. The van der Waals surface area contributed by atoms with Gasteiger partial charge in [0.05, 0.1) is 0 Å². The van der Waals surface area contributed by atoms with Gasteiger partial charge < -0.3 is 5.32 Å². The molecule has 0 radical (unpaired) electrons. The third-order valence-electron chi connectivity index (χ3n) is 2.45. The van der Waals surface area contributed by atoms with Crippen molar-refractivity contribution in [2.24, 2.45) is 0 Å². The normalized spacial score (nSPS) is 10.8. The molecule has 1 nitrogen and oxygen atoms in total. The van der Waals surface area contributed by atoms with Crippen LogP contribution in [0.25, 0.3) is 0 Å². The molecule has 17 heavy (non-hydrogen) atoms. The number of rotatable bonds is 4. The van der Waals surface area contributed by atoms with Crippen LogP contribution in [0.15, 0.2) is 34.8 Å². The van der Waals surface area contributed by atoms with Crippen molar-refractivity contribution >= 4 is 27.3 Å². The molecule has 0 saturated heterocycles. The van der Waals surface area contributed by atoms with Crippen molar-refractivity contribution in [2.45, 2.75) is 20.0 Å². The smallest absolute Gasteiger partial charge is 0.123 e. The van der Waals surface area contributed by atoms with Gasteiger partial charge in [-0.3, -0.25) is 0 Å². The lowest BCUT2D eigenvalue weighted by Crippen LogP contribution is -2.11. The van der Waals surface area contributed by atoms with Crippen molar-refractivity contribution < 1.29 is 4.39 Å². The summed E-state index contributed by atoms with van der Waals surface area (Å²) in [7, 11) is 0. The molecule has 0 aliphatic heterocycles. The van der Waals surface area contributed by atoms with Crippen LogP contribution in [0, 0.1) is 12.7 Å². The van der Waals surface area contributed by atoms with Crippen molar-refractivity contribution in [1.29, 1.82) is 0 Å². The monoisotopic (exact) mass is 313 g/mol. The molecule has 0 aliphatic carbocycles. The van der Waals surface area contributed by atoms with Gasteiger partial charge in [-0.2, -0.15) is 0 Å². The van der Waals surface area contributed by atoms with Gasteiger partial charge in [-0.25, -0.2) is 4.39 Å². The molecule has 1 N–H and O–H groups in total. The first-order valence-electron chi connectivity index (χ1n) is 5.35. The number of nitrogens with one attached hydrogen (secondary N) is 1. The number of hydrogen-bond donors (Lipinski definition) is 1. The molecule has 0 unspecified atom stereocenters. The molecular formula is C13H13BrFNS. The van der Waals surface area contributed by atoms with Gasteiger partial charge in [0, 0.05) is 27.3 Å². The quantitative estimate of drug-likeness (QED) is 0.890. The van der Waals surface area contributed by atoms with E-state index in [0.29, 0.717) is 0 Å². The fourth-order valence-corrected chi connectivity index (χ4v) is 3.11. The second-order valence-corrected chi connectivity index (χ2v) is 6.04. The maximum Gasteiger partial charge on any atom is 0.123 e. The van der Waals surface area contributed by atoms with Crippen molar-refractivity contribution in [1.82, 2.24) is 5.32 Å². The third kappa shape index (κ3) is 3.63. The Morgan fingerprint density at radius 3 is 2.53 bits per heavy atom. The molecule has 2 aromatic rings. The molecule has 0 spiro atoms. The Bertz CT molecular complexity index is 473. The van der Waals surface area contributed by atoms with E-state index in [0.717, 1.165) is 18.7 Å². The van der Waals surface area contributed by atoms with Gasteiger partial charge in [0.25, 0.3) is 0 Å². The van der Waals surface area contributed by atoms with Crippen molar-refractivity contribution in [3.05, 3.63) is 55.9 Å². The Hall–Kier alpha value is -0.710. The highest BCUT2D eigenvalue weighted by molar-refractivity contribution is 9.10. The number of benzene rings is 1. The van der Waals surface area contributed by atoms with Crippen molar-refractivity contribution in [2.75, 3.05) is 0 Å². The topological polar surface area (TPSA) is 12.0 Å². The molecule has 0 bridgehead atoms. The number of hydrogen-bond acceptors (Lipinski definition) is 2. The highest BCUT2D eigenvalue weighted by atomic mass is 79.9. The van der Waals surface area contributed by atoms with Crippen LogP contribution in [0.5, 0.6) is 0 Å². The molecule has 0 aliphatic rings. The molecule has 0 amide bonds. The minimum absolute atomic E-state index is 0.188. The van der Waals surface area contributed by atoms with Crippen LogP contribution < -0.4 is 5.32 Å². The molecule has 1 aromatic heterocycles. The summed E-state index contributed by atoms with van der Waals surface area (Å²) in [6.45, 7) is 3.70. The summed E-state index contributed by atoms with van der Waals surface area (Å²) >= 11 is 5.28. The zero-order valence-corrected chi connectivity index (χ0v) is 11.9.